The molecule has 0 aliphatic carbocycles. The number of nitrogens with zero attached hydrogens (tertiary/aromatic N) is 1. The molecule has 0 aliphatic heterocycles. The van der Waals surface area contributed by atoms with Crippen molar-refractivity contribution in [3.05, 3.63) is 0 Å². The average molecular weight is 329 g/mol. The van der Waals surface area contributed by atoms with E-state index in [0.29, 0.717) is 0 Å². The molecule has 0 aliphatic rings. The minimum absolute atomic E-state index is 0. The van der Waals surface area contributed by atoms with Gasteiger partial charge in [0.25, 0.3) is 0 Å². The van der Waals surface area contributed by atoms with Crippen LogP contribution in [0.25, 0.3) is 0 Å². The number of hydrogen-bond acceptors (Lipinski definition) is 2. The Kier molecular flexibility index (Phi) is 9.17. The standard InChI is InChI=1S/C10H21NO.Gd/c1-6-10(12,7-2)9(5)11-8(3)4;/h8,12H,6-7H2,1-5H3;. The molecule has 0 unspecified atom stereocenters. The average Bonchev–Trinajstić information content (AvgIpc) is 2.02. The van der Waals surface area contributed by atoms with Crippen LogP contribution in [0.2, 0.25) is 0 Å². The normalized spacial score (nSPS) is 13.0. The monoisotopic (exact) mass is 329 g/mol. The van der Waals surface area contributed by atoms with Crippen molar-refractivity contribution in [3.63, 3.8) is 0 Å². The molecule has 0 spiro atoms. The molecule has 13 heavy (non-hydrogen) atoms. The van der Waals surface area contributed by atoms with E-state index in [4.69, 9.17) is 0 Å². The van der Waals surface area contributed by atoms with Crippen LogP contribution in [0.15, 0.2) is 4.99 Å². The first-order valence-electron chi connectivity index (χ1n) is 4.73. The Balaban J connectivity index is 0. The Bertz CT molecular complexity index is 162. The van der Waals surface area contributed by atoms with Gasteiger partial charge in [-0.1, -0.05) is 13.8 Å². The predicted octanol–water partition coefficient (Wildman–Crippen LogP) is 2.41. The fourth-order valence-corrected chi connectivity index (χ4v) is 1.27. The van der Waals surface area contributed by atoms with Gasteiger partial charge in [0.2, 0.25) is 0 Å². The molecule has 0 saturated carbocycles. The second-order valence-electron chi connectivity index (χ2n) is 3.55. The third-order valence-corrected chi connectivity index (χ3v) is 2.30. The number of aliphatic hydroxyl groups is 1. The van der Waals surface area contributed by atoms with Gasteiger partial charge < -0.3 is 5.11 Å². The fraction of sp³-hybridized carbons (Fsp3) is 0.900. The summed E-state index contributed by atoms with van der Waals surface area (Å²) in [4.78, 5) is 4.36. The van der Waals surface area contributed by atoms with Crippen molar-refractivity contribution in [1.29, 1.82) is 0 Å². The van der Waals surface area contributed by atoms with Gasteiger partial charge in [0.15, 0.2) is 0 Å². The second kappa shape index (κ2) is 7.27. The molecule has 0 aromatic rings. The van der Waals surface area contributed by atoms with Crippen molar-refractivity contribution in [3.8, 4) is 0 Å². The van der Waals surface area contributed by atoms with Crippen molar-refractivity contribution in [2.75, 3.05) is 0 Å². The van der Waals surface area contributed by atoms with E-state index in [2.05, 4.69) is 4.99 Å². The van der Waals surface area contributed by atoms with Crippen molar-refractivity contribution in [1.82, 2.24) is 0 Å². The molecule has 0 aromatic carbocycles. The number of hydrogen-bond donors (Lipinski definition) is 1. The van der Waals surface area contributed by atoms with E-state index in [-0.39, 0.29) is 46.0 Å². The molecule has 3 heteroatoms. The van der Waals surface area contributed by atoms with Crippen LogP contribution < -0.4 is 0 Å². The maximum atomic E-state index is 10.0. The van der Waals surface area contributed by atoms with Crippen molar-refractivity contribution < 1.29 is 45.0 Å². The van der Waals surface area contributed by atoms with E-state index >= 15 is 0 Å². The molecule has 0 fully saturated rings. The zero-order valence-corrected chi connectivity index (χ0v) is 11.5. The summed E-state index contributed by atoms with van der Waals surface area (Å²) >= 11 is 0. The van der Waals surface area contributed by atoms with E-state index in [1.807, 2.05) is 34.6 Å². The molecule has 0 bridgehead atoms. The SMILES string of the molecule is CCC(O)(CC)C(C)=NC(C)C.[Gd]. The molecule has 0 radical (unpaired) electrons. The maximum absolute atomic E-state index is 10.0. The Morgan fingerprint density at radius 1 is 1.31 bits per heavy atom. The van der Waals surface area contributed by atoms with E-state index in [1.54, 1.807) is 0 Å². The molecular weight excluding hydrogens is 307 g/mol. The van der Waals surface area contributed by atoms with Gasteiger partial charge in [-0.3, -0.25) is 4.99 Å². The largest absolute Gasteiger partial charge is 0.384 e. The first-order valence-corrected chi connectivity index (χ1v) is 4.73. The van der Waals surface area contributed by atoms with Crippen LogP contribution in [0, 0.1) is 39.9 Å². The summed E-state index contributed by atoms with van der Waals surface area (Å²) < 4.78 is 0. The summed E-state index contributed by atoms with van der Waals surface area (Å²) in [5.41, 5.74) is 0.187. The Labute approximate surface area is 114 Å². The van der Waals surface area contributed by atoms with Crippen molar-refractivity contribution >= 4 is 5.71 Å². The van der Waals surface area contributed by atoms with Crippen LogP contribution in [0.1, 0.15) is 47.5 Å². The molecule has 0 heterocycles. The van der Waals surface area contributed by atoms with Gasteiger partial charge in [0.1, 0.15) is 5.60 Å². The summed E-state index contributed by atoms with van der Waals surface area (Å²) in [6.07, 6.45) is 1.48. The number of rotatable bonds is 4. The van der Waals surface area contributed by atoms with Gasteiger partial charge in [0.05, 0.1) is 0 Å². The quantitative estimate of drug-likeness (QED) is 0.790. The molecule has 80 valence electrons. The fourth-order valence-electron chi connectivity index (χ4n) is 1.27. The van der Waals surface area contributed by atoms with Gasteiger partial charge >= 0.3 is 0 Å². The van der Waals surface area contributed by atoms with Crippen molar-refractivity contribution in [2.45, 2.75) is 59.1 Å². The summed E-state index contributed by atoms with van der Waals surface area (Å²) in [5, 5.41) is 10.0. The second-order valence-corrected chi connectivity index (χ2v) is 3.55. The molecule has 0 saturated heterocycles. The van der Waals surface area contributed by atoms with E-state index in [1.165, 1.54) is 0 Å². The van der Waals surface area contributed by atoms with Gasteiger partial charge in [-0.05, 0) is 33.6 Å². The molecule has 0 atom stereocenters. The van der Waals surface area contributed by atoms with Gasteiger partial charge in [0, 0.05) is 51.7 Å². The molecule has 0 aromatic heterocycles. The van der Waals surface area contributed by atoms with Crippen LogP contribution in [0.4, 0.5) is 0 Å². The third-order valence-electron chi connectivity index (χ3n) is 2.30. The van der Waals surface area contributed by atoms with Gasteiger partial charge in [-0.25, -0.2) is 0 Å². The Morgan fingerprint density at radius 3 is 1.92 bits per heavy atom. The summed E-state index contributed by atoms with van der Waals surface area (Å²) in [6.45, 7) is 9.93. The van der Waals surface area contributed by atoms with E-state index in [9.17, 15) is 5.11 Å². The van der Waals surface area contributed by atoms with Crippen LogP contribution in [-0.2, 0) is 0 Å². The topological polar surface area (TPSA) is 32.6 Å². The first kappa shape index (κ1) is 16.4. The van der Waals surface area contributed by atoms with Gasteiger partial charge in [-0.2, -0.15) is 0 Å². The molecular formula is C10H21GdNO. The van der Waals surface area contributed by atoms with Gasteiger partial charge in [-0.15, -0.1) is 0 Å². The van der Waals surface area contributed by atoms with E-state index in [0.717, 1.165) is 18.6 Å². The smallest absolute Gasteiger partial charge is 0.101 e. The van der Waals surface area contributed by atoms with E-state index < -0.39 is 5.60 Å². The molecule has 0 amide bonds. The minimum atomic E-state index is -0.676. The molecule has 2 nitrogen and oxygen atoms in total. The van der Waals surface area contributed by atoms with Crippen LogP contribution in [0.3, 0.4) is 0 Å². The molecule has 0 rings (SSSR count). The number of aliphatic imine (C=N–C) groups is 1. The van der Waals surface area contributed by atoms with Crippen molar-refractivity contribution in [2.24, 2.45) is 4.99 Å². The van der Waals surface area contributed by atoms with Crippen LogP contribution in [-0.4, -0.2) is 22.5 Å². The summed E-state index contributed by atoms with van der Waals surface area (Å²) in [6, 6.07) is 0.273. The first-order chi connectivity index (χ1) is 5.46. The summed E-state index contributed by atoms with van der Waals surface area (Å²) in [7, 11) is 0. The predicted molar refractivity (Wildman–Crippen MR) is 53.8 cm³/mol. The zero-order valence-electron chi connectivity index (χ0n) is 9.24. The summed E-state index contributed by atoms with van der Waals surface area (Å²) in [5.74, 6) is 0. The van der Waals surface area contributed by atoms with Crippen LogP contribution in [0.5, 0.6) is 0 Å². The minimum Gasteiger partial charge on any atom is -0.384 e. The maximum Gasteiger partial charge on any atom is 0.101 e. The Hall–Kier alpha value is 0.955. The Morgan fingerprint density at radius 2 is 1.69 bits per heavy atom. The molecule has 1 N–H and O–H groups in total. The third kappa shape index (κ3) is 5.41. The zero-order chi connectivity index (χ0) is 9.78. The van der Waals surface area contributed by atoms with Crippen LogP contribution >= 0.6 is 0 Å².